The van der Waals surface area contributed by atoms with E-state index >= 15 is 0 Å². The van der Waals surface area contributed by atoms with E-state index < -0.39 is 0 Å². The third-order valence-corrected chi connectivity index (χ3v) is 3.67. The molecule has 19 heavy (non-hydrogen) atoms. The molecule has 1 aromatic carbocycles. The number of aliphatic hydroxyl groups is 1. The third kappa shape index (κ3) is 3.76. The molecule has 2 atom stereocenters. The Hall–Kier alpha value is -0.940. The highest BCUT2D eigenvalue weighted by molar-refractivity contribution is 5.24. The maximum atomic E-state index is 9.66. The van der Waals surface area contributed by atoms with Crippen LogP contribution in [0.2, 0.25) is 0 Å². The lowest BCUT2D eigenvalue weighted by Crippen LogP contribution is -2.30. The fourth-order valence-electron chi connectivity index (χ4n) is 2.56. The SMILES string of the molecule is COCOC1CCN(C(CO)c2ccc(C)cc2)C1. The minimum absolute atomic E-state index is 0.0664. The molecule has 0 bridgehead atoms. The van der Waals surface area contributed by atoms with Crippen LogP contribution in [0.25, 0.3) is 0 Å². The van der Waals surface area contributed by atoms with Gasteiger partial charge >= 0.3 is 0 Å². The molecule has 1 aliphatic rings. The normalized spacial score (nSPS) is 21.7. The number of benzene rings is 1. The summed E-state index contributed by atoms with van der Waals surface area (Å²) in [6.45, 7) is 4.35. The largest absolute Gasteiger partial charge is 0.394 e. The van der Waals surface area contributed by atoms with E-state index in [4.69, 9.17) is 9.47 Å². The monoisotopic (exact) mass is 265 g/mol. The zero-order chi connectivity index (χ0) is 13.7. The number of aliphatic hydroxyl groups excluding tert-OH is 1. The highest BCUT2D eigenvalue weighted by Gasteiger charge is 2.29. The first-order valence-electron chi connectivity index (χ1n) is 6.76. The summed E-state index contributed by atoms with van der Waals surface area (Å²) >= 11 is 0. The van der Waals surface area contributed by atoms with Gasteiger partial charge in [0, 0.05) is 20.2 Å². The van der Waals surface area contributed by atoms with Crippen molar-refractivity contribution < 1.29 is 14.6 Å². The van der Waals surface area contributed by atoms with Crippen molar-refractivity contribution in [3.05, 3.63) is 35.4 Å². The molecule has 106 valence electrons. The Balaban J connectivity index is 1.97. The summed E-state index contributed by atoms with van der Waals surface area (Å²) in [6.07, 6.45) is 1.20. The van der Waals surface area contributed by atoms with Gasteiger partial charge in [0.25, 0.3) is 0 Å². The summed E-state index contributed by atoms with van der Waals surface area (Å²) in [5.41, 5.74) is 2.41. The van der Waals surface area contributed by atoms with E-state index in [9.17, 15) is 5.11 Å². The van der Waals surface area contributed by atoms with Crippen molar-refractivity contribution in [2.24, 2.45) is 0 Å². The molecule has 2 unspecified atom stereocenters. The molecule has 1 heterocycles. The van der Waals surface area contributed by atoms with E-state index in [1.807, 2.05) is 0 Å². The molecule has 1 N–H and O–H groups in total. The Labute approximate surface area is 114 Å². The van der Waals surface area contributed by atoms with E-state index in [-0.39, 0.29) is 18.8 Å². The number of hydrogen-bond donors (Lipinski definition) is 1. The highest BCUT2D eigenvalue weighted by Crippen LogP contribution is 2.26. The number of aryl methyl sites for hydroxylation is 1. The van der Waals surface area contributed by atoms with Crippen LogP contribution in [0, 0.1) is 6.92 Å². The number of likely N-dealkylation sites (tertiary alicyclic amines) is 1. The van der Waals surface area contributed by atoms with Crippen molar-refractivity contribution in [1.82, 2.24) is 4.90 Å². The van der Waals surface area contributed by atoms with Gasteiger partial charge in [-0.25, -0.2) is 0 Å². The fraction of sp³-hybridized carbons (Fsp3) is 0.600. The molecule has 1 aliphatic heterocycles. The Morgan fingerprint density at radius 2 is 2.11 bits per heavy atom. The van der Waals surface area contributed by atoms with Crippen LogP contribution >= 0.6 is 0 Å². The maximum Gasteiger partial charge on any atom is 0.146 e. The van der Waals surface area contributed by atoms with Crippen molar-refractivity contribution >= 4 is 0 Å². The Morgan fingerprint density at radius 1 is 1.37 bits per heavy atom. The number of nitrogens with zero attached hydrogens (tertiary/aromatic N) is 1. The quantitative estimate of drug-likeness (QED) is 0.795. The van der Waals surface area contributed by atoms with E-state index in [1.165, 1.54) is 11.1 Å². The van der Waals surface area contributed by atoms with Crippen molar-refractivity contribution in [2.75, 3.05) is 33.6 Å². The second kappa shape index (κ2) is 7.01. The molecule has 0 radical (unpaired) electrons. The summed E-state index contributed by atoms with van der Waals surface area (Å²) < 4.78 is 10.5. The summed E-state index contributed by atoms with van der Waals surface area (Å²) in [7, 11) is 1.63. The van der Waals surface area contributed by atoms with Gasteiger partial charge in [0.2, 0.25) is 0 Å². The van der Waals surface area contributed by atoms with Crippen LogP contribution in [0.1, 0.15) is 23.6 Å². The summed E-state index contributed by atoms with van der Waals surface area (Å²) in [6, 6.07) is 8.44. The topological polar surface area (TPSA) is 41.9 Å². The Morgan fingerprint density at radius 3 is 2.74 bits per heavy atom. The maximum absolute atomic E-state index is 9.66. The average Bonchev–Trinajstić information content (AvgIpc) is 2.88. The lowest BCUT2D eigenvalue weighted by atomic mass is 10.0. The van der Waals surface area contributed by atoms with Gasteiger partial charge in [0.15, 0.2) is 0 Å². The van der Waals surface area contributed by atoms with E-state index in [2.05, 4.69) is 36.1 Å². The standard InChI is InChI=1S/C15H23NO3/c1-12-3-5-13(6-4-12)15(10-17)16-8-7-14(9-16)19-11-18-2/h3-6,14-15,17H,7-11H2,1-2H3. The second-order valence-electron chi connectivity index (χ2n) is 5.09. The average molecular weight is 265 g/mol. The Kier molecular flexibility index (Phi) is 5.34. The lowest BCUT2D eigenvalue weighted by molar-refractivity contribution is -0.0684. The molecule has 4 heteroatoms. The van der Waals surface area contributed by atoms with Crippen molar-refractivity contribution in [2.45, 2.75) is 25.5 Å². The van der Waals surface area contributed by atoms with Crippen molar-refractivity contribution in [3.8, 4) is 0 Å². The van der Waals surface area contributed by atoms with Crippen LogP contribution in [0.15, 0.2) is 24.3 Å². The second-order valence-corrected chi connectivity index (χ2v) is 5.09. The molecular weight excluding hydrogens is 242 g/mol. The molecular formula is C15H23NO3. The fourth-order valence-corrected chi connectivity index (χ4v) is 2.56. The number of hydrogen-bond acceptors (Lipinski definition) is 4. The lowest BCUT2D eigenvalue weighted by Gasteiger charge is -2.26. The molecule has 2 rings (SSSR count). The van der Waals surface area contributed by atoms with Gasteiger partial charge in [-0.3, -0.25) is 4.90 Å². The molecule has 4 nitrogen and oxygen atoms in total. The minimum atomic E-state index is 0.0664. The molecule has 0 aromatic heterocycles. The first kappa shape index (κ1) is 14.5. The molecule has 0 spiro atoms. The molecule has 0 saturated carbocycles. The third-order valence-electron chi connectivity index (χ3n) is 3.67. The first-order chi connectivity index (χ1) is 9.24. The molecule has 1 aromatic rings. The molecule has 1 saturated heterocycles. The molecule has 0 aliphatic carbocycles. The van der Waals surface area contributed by atoms with Gasteiger partial charge in [-0.05, 0) is 18.9 Å². The molecule has 1 fully saturated rings. The van der Waals surface area contributed by atoms with Crippen LogP contribution in [0.5, 0.6) is 0 Å². The van der Waals surface area contributed by atoms with Crippen molar-refractivity contribution in [1.29, 1.82) is 0 Å². The summed E-state index contributed by atoms with van der Waals surface area (Å²) in [5.74, 6) is 0. The summed E-state index contributed by atoms with van der Waals surface area (Å²) in [4.78, 5) is 2.28. The van der Waals surface area contributed by atoms with Crippen LogP contribution < -0.4 is 0 Å². The number of rotatable bonds is 6. The highest BCUT2D eigenvalue weighted by atomic mass is 16.7. The molecule has 0 amide bonds. The van der Waals surface area contributed by atoms with Gasteiger partial charge in [-0.2, -0.15) is 0 Å². The predicted molar refractivity (Wildman–Crippen MR) is 73.9 cm³/mol. The van der Waals surface area contributed by atoms with Crippen molar-refractivity contribution in [3.63, 3.8) is 0 Å². The smallest absolute Gasteiger partial charge is 0.146 e. The van der Waals surface area contributed by atoms with Gasteiger partial charge in [0.05, 0.1) is 18.8 Å². The van der Waals surface area contributed by atoms with E-state index in [0.717, 1.165) is 19.5 Å². The van der Waals surface area contributed by atoms with Gasteiger partial charge in [-0.1, -0.05) is 29.8 Å². The first-order valence-corrected chi connectivity index (χ1v) is 6.76. The van der Waals surface area contributed by atoms with Crippen LogP contribution in [0.3, 0.4) is 0 Å². The van der Waals surface area contributed by atoms with Gasteiger partial charge < -0.3 is 14.6 Å². The van der Waals surface area contributed by atoms with Gasteiger partial charge in [-0.15, -0.1) is 0 Å². The number of methoxy groups -OCH3 is 1. The van der Waals surface area contributed by atoms with Crippen LogP contribution in [-0.4, -0.2) is 49.7 Å². The minimum Gasteiger partial charge on any atom is -0.394 e. The van der Waals surface area contributed by atoms with E-state index in [1.54, 1.807) is 7.11 Å². The predicted octanol–water partition coefficient (Wildman–Crippen LogP) is 1.72. The van der Waals surface area contributed by atoms with Crippen LogP contribution in [-0.2, 0) is 9.47 Å². The van der Waals surface area contributed by atoms with Gasteiger partial charge in [0.1, 0.15) is 6.79 Å². The summed E-state index contributed by atoms with van der Waals surface area (Å²) in [5, 5.41) is 9.66. The van der Waals surface area contributed by atoms with Crippen LogP contribution in [0.4, 0.5) is 0 Å². The zero-order valence-corrected chi connectivity index (χ0v) is 11.7. The number of ether oxygens (including phenoxy) is 2. The zero-order valence-electron chi connectivity index (χ0n) is 11.7. The van der Waals surface area contributed by atoms with E-state index in [0.29, 0.717) is 6.79 Å². The Bertz CT molecular complexity index is 379.